The maximum atomic E-state index is 4.20. The molecule has 0 saturated carbocycles. The molecule has 1 N–H and O–H groups in total. The highest BCUT2D eigenvalue weighted by Gasteiger charge is 2.21. The fourth-order valence-electron chi connectivity index (χ4n) is 1.71. The van der Waals surface area contributed by atoms with E-state index in [1.165, 1.54) is 12.1 Å². The summed E-state index contributed by atoms with van der Waals surface area (Å²) in [5, 5.41) is 7.79. The van der Waals surface area contributed by atoms with E-state index in [2.05, 4.69) is 51.1 Å². The highest BCUT2D eigenvalue weighted by atomic mass is 15.2. The van der Waals surface area contributed by atoms with Crippen molar-refractivity contribution in [3.63, 3.8) is 0 Å². The Hall–Kier alpha value is -0.830. The fraction of sp³-hybridized carbons (Fsp3) is 0.786. The topological polar surface area (TPSA) is 29.9 Å². The van der Waals surface area contributed by atoms with Crippen LogP contribution in [-0.4, -0.2) is 21.9 Å². The molecule has 0 unspecified atom stereocenters. The molecule has 1 aromatic heterocycles. The number of nitrogens with zero attached hydrogens (tertiary/aromatic N) is 2. The molecular weight excluding hydrogens is 210 g/mol. The molecule has 0 radical (unpaired) electrons. The van der Waals surface area contributed by atoms with Crippen LogP contribution in [0.2, 0.25) is 0 Å². The largest absolute Gasteiger partial charge is 0.312 e. The van der Waals surface area contributed by atoms with Crippen molar-refractivity contribution in [3.8, 4) is 0 Å². The molecule has 0 amide bonds. The minimum Gasteiger partial charge on any atom is -0.312 e. The summed E-state index contributed by atoms with van der Waals surface area (Å²) in [4.78, 5) is 0. The van der Waals surface area contributed by atoms with E-state index in [4.69, 9.17) is 0 Å². The normalized spacial score (nSPS) is 13.1. The summed E-state index contributed by atoms with van der Waals surface area (Å²) >= 11 is 0. The van der Waals surface area contributed by atoms with Crippen molar-refractivity contribution in [1.82, 2.24) is 15.1 Å². The minimum absolute atomic E-state index is 0.198. The van der Waals surface area contributed by atoms with Gasteiger partial charge in [0.2, 0.25) is 0 Å². The van der Waals surface area contributed by atoms with Crippen LogP contribution >= 0.6 is 0 Å². The summed E-state index contributed by atoms with van der Waals surface area (Å²) in [5.74, 6) is 0. The van der Waals surface area contributed by atoms with Crippen LogP contribution in [0.3, 0.4) is 0 Å². The Morgan fingerprint density at radius 3 is 2.35 bits per heavy atom. The van der Waals surface area contributed by atoms with Gasteiger partial charge in [-0.15, -0.1) is 0 Å². The van der Waals surface area contributed by atoms with Crippen LogP contribution in [0.25, 0.3) is 0 Å². The lowest BCUT2D eigenvalue weighted by atomic mass is 9.86. The van der Waals surface area contributed by atoms with E-state index in [-0.39, 0.29) is 5.54 Å². The van der Waals surface area contributed by atoms with Crippen molar-refractivity contribution >= 4 is 0 Å². The van der Waals surface area contributed by atoms with E-state index < -0.39 is 0 Å². The van der Waals surface area contributed by atoms with Crippen molar-refractivity contribution in [2.24, 2.45) is 12.5 Å². The molecule has 17 heavy (non-hydrogen) atoms. The monoisotopic (exact) mass is 237 g/mol. The third-order valence-electron chi connectivity index (χ3n) is 3.08. The van der Waals surface area contributed by atoms with Crippen molar-refractivity contribution in [3.05, 3.63) is 18.0 Å². The maximum absolute atomic E-state index is 4.20. The van der Waals surface area contributed by atoms with E-state index >= 15 is 0 Å². The maximum Gasteiger partial charge on any atom is 0.0492 e. The summed E-state index contributed by atoms with van der Waals surface area (Å²) in [6.07, 6.45) is 4.14. The van der Waals surface area contributed by atoms with E-state index in [9.17, 15) is 0 Å². The van der Waals surface area contributed by atoms with Gasteiger partial charge in [-0.25, -0.2) is 0 Å². The molecule has 3 nitrogen and oxygen atoms in total. The van der Waals surface area contributed by atoms with Gasteiger partial charge in [0.1, 0.15) is 0 Å². The van der Waals surface area contributed by atoms with Crippen LogP contribution in [0.4, 0.5) is 0 Å². The average Bonchev–Trinajstić information content (AvgIpc) is 2.58. The third kappa shape index (κ3) is 5.35. The number of aryl methyl sites for hydroxylation is 2. The molecule has 98 valence electrons. The van der Waals surface area contributed by atoms with Crippen LogP contribution in [0.5, 0.6) is 0 Å². The number of hydrogen-bond donors (Lipinski definition) is 1. The van der Waals surface area contributed by atoms with Crippen LogP contribution < -0.4 is 5.32 Å². The SMILES string of the molecule is Cn1nccc1CCC(C)(C)CNC(C)(C)C. The Bertz CT molecular complexity index is 345. The van der Waals surface area contributed by atoms with Crippen LogP contribution in [-0.2, 0) is 13.5 Å². The van der Waals surface area contributed by atoms with Gasteiger partial charge in [-0.1, -0.05) is 13.8 Å². The van der Waals surface area contributed by atoms with Gasteiger partial charge >= 0.3 is 0 Å². The molecule has 0 spiro atoms. The van der Waals surface area contributed by atoms with Gasteiger partial charge in [-0.05, 0) is 45.1 Å². The lowest BCUT2D eigenvalue weighted by Crippen LogP contribution is -2.42. The Morgan fingerprint density at radius 2 is 1.88 bits per heavy atom. The standard InChI is InChI=1S/C14H27N3/c1-13(2,3)15-11-14(4,5)9-7-12-8-10-16-17(12)6/h8,10,15H,7,9,11H2,1-6H3. The quantitative estimate of drug-likeness (QED) is 0.853. The van der Waals surface area contributed by atoms with Gasteiger partial charge in [-0.2, -0.15) is 5.10 Å². The minimum atomic E-state index is 0.198. The highest BCUT2D eigenvalue weighted by Crippen LogP contribution is 2.22. The third-order valence-corrected chi connectivity index (χ3v) is 3.08. The van der Waals surface area contributed by atoms with Crippen LogP contribution in [0.1, 0.15) is 46.7 Å². The average molecular weight is 237 g/mol. The van der Waals surface area contributed by atoms with Gasteiger partial charge in [-0.3, -0.25) is 4.68 Å². The van der Waals surface area contributed by atoms with Crippen molar-refractivity contribution in [2.45, 2.75) is 53.0 Å². The first-order valence-corrected chi connectivity index (χ1v) is 6.42. The van der Waals surface area contributed by atoms with E-state index in [0.717, 1.165) is 13.0 Å². The van der Waals surface area contributed by atoms with E-state index in [0.29, 0.717) is 5.41 Å². The van der Waals surface area contributed by atoms with E-state index in [1.807, 2.05) is 17.9 Å². The summed E-state index contributed by atoms with van der Waals surface area (Å²) in [6.45, 7) is 12.3. The number of aromatic nitrogens is 2. The Labute approximate surface area is 106 Å². The lowest BCUT2D eigenvalue weighted by Gasteiger charge is -2.30. The smallest absolute Gasteiger partial charge is 0.0492 e. The van der Waals surface area contributed by atoms with Crippen molar-refractivity contribution in [1.29, 1.82) is 0 Å². The second-order valence-electron chi connectivity index (χ2n) is 6.71. The van der Waals surface area contributed by atoms with E-state index in [1.54, 1.807) is 0 Å². The zero-order valence-corrected chi connectivity index (χ0v) is 12.2. The molecule has 0 saturated heterocycles. The fourth-order valence-corrected chi connectivity index (χ4v) is 1.71. The molecule has 0 atom stereocenters. The summed E-state index contributed by atoms with van der Waals surface area (Å²) in [7, 11) is 2.01. The molecule has 1 rings (SSSR count). The lowest BCUT2D eigenvalue weighted by molar-refractivity contribution is 0.272. The first-order valence-electron chi connectivity index (χ1n) is 6.42. The van der Waals surface area contributed by atoms with Gasteiger partial charge in [0.05, 0.1) is 0 Å². The Kier molecular flexibility index (Phi) is 4.36. The summed E-state index contributed by atoms with van der Waals surface area (Å²) < 4.78 is 1.97. The van der Waals surface area contributed by atoms with Gasteiger partial charge in [0, 0.05) is 31.0 Å². The predicted molar refractivity (Wildman–Crippen MR) is 73.1 cm³/mol. The second kappa shape index (κ2) is 5.21. The highest BCUT2D eigenvalue weighted by molar-refractivity contribution is 5.00. The molecule has 0 fully saturated rings. The second-order valence-corrected chi connectivity index (χ2v) is 6.71. The number of hydrogen-bond acceptors (Lipinski definition) is 2. The number of rotatable bonds is 5. The first kappa shape index (κ1) is 14.2. The number of nitrogens with one attached hydrogen (secondary N) is 1. The molecule has 0 aromatic carbocycles. The molecule has 0 aliphatic carbocycles. The van der Waals surface area contributed by atoms with Gasteiger partial charge in [0.15, 0.2) is 0 Å². The molecule has 3 heteroatoms. The molecule has 0 bridgehead atoms. The predicted octanol–water partition coefficient (Wildman–Crippen LogP) is 2.77. The van der Waals surface area contributed by atoms with Crippen molar-refractivity contribution in [2.75, 3.05) is 6.54 Å². The summed E-state index contributed by atoms with van der Waals surface area (Å²) in [5.41, 5.74) is 1.83. The van der Waals surface area contributed by atoms with Crippen molar-refractivity contribution < 1.29 is 0 Å². The zero-order chi connectivity index (χ0) is 13.1. The summed E-state index contributed by atoms with van der Waals surface area (Å²) in [6, 6.07) is 2.10. The van der Waals surface area contributed by atoms with Gasteiger partial charge in [0.25, 0.3) is 0 Å². The Morgan fingerprint density at radius 1 is 1.24 bits per heavy atom. The van der Waals surface area contributed by atoms with Gasteiger partial charge < -0.3 is 5.32 Å². The molecule has 1 heterocycles. The zero-order valence-electron chi connectivity index (χ0n) is 12.2. The van der Waals surface area contributed by atoms with Crippen LogP contribution in [0.15, 0.2) is 12.3 Å². The Balaban J connectivity index is 2.42. The first-order chi connectivity index (χ1) is 7.70. The molecular formula is C14H27N3. The molecule has 0 aliphatic rings. The molecule has 1 aromatic rings. The molecule has 0 aliphatic heterocycles. The van der Waals surface area contributed by atoms with Crippen LogP contribution in [0, 0.1) is 5.41 Å².